The van der Waals surface area contributed by atoms with Gasteiger partial charge in [0, 0.05) is 19.5 Å². The molecule has 7 nitrogen and oxygen atoms in total. The molecule has 0 aliphatic rings. The Balaban J connectivity index is 2.77. The number of carbonyl (C=O) groups is 2. The van der Waals surface area contributed by atoms with Crippen LogP contribution in [0.4, 0.5) is 5.69 Å². The number of carbonyl (C=O) groups excluding carboxylic acids is 2. The number of nitrogens with zero attached hydrogens (tertiary/aromatic N) is 1. The number of benzene rings is 1. The molecule has 0 aliphatic carbocycles. The lowest BCUT2D eigenvalue weighted by atomic mass is 10.2. The molecule has 24 heavy (non-hydrogen) atoms. The van der Waals surface area contributed by atoms with Crippen molar-refractivity contribution in [3.8, 4) is 0 Å². The van der Waals surface area contributed by atoms with Gasteiger partial charge in [0.2, 0.25) is 15.9 Å². The summed E-state index contributed by atoms with van der Waals surface area (Å²) in [5.41, 5.74) is 0.487. The van der Waals surface area contributed by atoms with Crippen molar-refractivity contribution in [2.45, 2.75) is 6.42 Å². The molecule has 1 N–H and O–H groups in total. The number of ether oxygens (including phenoxy) is 1. The van der Waals surface area contributed by atoms with E-state index in [1.165, 1.54) is 31.4 Å². The van der Waals surface area contributed by atoms with E-state index in [4.69, 9.17) is 11.6 Å². The average Bonchev–Trinajstić information content (AvgIpc) is 2.51. The molecule has 0 radical (unpaired) electrons. The summed E-state index contributed by atoms with van der Waals surface area (Å²) in [5.74, 6) is -0.993. The number of anilines is 1. The zero-order valence-corrected chi connectivity index (χ0v) is 15.0. The number of rotatable bonds is 8. The van der Waals surface area contributed by atoms with Crippen molar-refractivity contribution in [2.75, 3.05) is 31.8 Å². The van der Waals surface area contributed by atoms with Crippen molar-refractivity contribution in [1.82, 2.24) is 4.31 Å². The third kappa shape index (κ3) is 5.95. The zero-order chi connectivity index (χ0) is 18.3. The Bertz CT molecular complexity index is 733. The van der Waals surface area contributed by atoms with Gasteiger partial charge >= 0.3 is 5.97 Å². The number of sulfonamides is 1. The van der Waals surface area contributed by atoms with Gasteiger partial charge in [-0.15, -0.1) is 6.58 Å². The van der Waals surface area contributed by atoms with Gasteiger partial charge in [-0.05, 0) is 18.2 Å². The number of methoxy groups -OCH3 is 1. The summed E-state index contributed by atoms with van der Waals surface area (Å²) in [4.78, 5) is 23.5. The molecule has 9 heteroatoms. The summed E-state index contributed by atoms with van der Waals surface area (Å²) >= 11 is 5.99. The fourth-order valence-electron chi connectivity index (χ4n) is 1.84. The normalized spacial score (nSPS) is 11.2. The minimum Gasteiger partial charge on any atom is -0.465 e. The van der Waals surface area contributed by atoms with Gasteiger partial charge < -0.3 is 10.1 Å². The molecule has 1 rings (SSSR count). The molecular formula is C15H19ClN2O5S. The van der Waals surface area contributed by atoms with Crippen molar-refractivity contribution >= 4 is 39.2 Å². The van der Waals surface area contributed by atoms with Gasteiger partial charge in [-0.1, -0.05) is 17.7 Å². The van der Waals surface area contributed by atoms with Crippen molar-refractivity contribution in [3.63, 3.8) is 0 Å². The minimum atomic E-state index is -3.43. The van der Waals surface area contributed by atoms with Crippen molar-refractivity contribution in [1.29, 1.82) is 0 Å². The number of esters is 1. The number of amides is 1. The fraction of sp³-hybridized carbons (Fsp3) is 0.333. The van der Waals surface area contributed by atoms with E-state index in [0.29, 0.717) is 0 Å². The highest BCUT2D eigenvalue weighted by molar-refractivity contribution is 7.88. The second kappa shape index (κ2) is 8.81. The molecule has 1 amide bonds. The van der Waals surface area contributed by atoms with Gasteiger partial charge in [-0.3, -0.25) is 4.79 Å². The lowest BCUT2D eigenvalue weighted by molar-refractivity contribution is -0.116. The van der Waals surface area contributed by atoms with Gasteiger partial charge in [0.25, 0.3) is 0 Å². The van der Waals surface area contributed by atoms with E-state index in [0.717, 1.165) is 10.6 Å². The monoisotopic (exact) mass is 374 g/mol. The molecule has 1 aromatic rings. The molecule has 1 aromatic carbocycles. The first-order chi connectivity index (χ1) is 11.2. The summed E-state index contributed by atoms with van der Waals surface area (Å²) < 4.78 is 28.9. The van der Waals surface area contributed by atoms with Crippen molar-refractivity contribution < 1.29 is 22.7 Å². The predicted octanol–water partition coefficient (Wildman–Crippen LogP) is 1.90. The third-order valence-corrected chi connectivity index (χ3v) is 4.65. The topological polar surface area (TPSA) is 92.8 Å². The Morgan fingerprint density at radius 2 is 2.08 bits per heavy atom. The summed E-state index contributed by atoms with van der Waals surface area (Å²) in [6, 6.07) is 4.33. The Labute approximate surface area is 146 Å². The second-order valence-electron chi connectivity index (χ2n) is 4.89. The zero-order valence-electron chi connectivity index (χ0n) is 13.4. The third-order valence-electron chi connectivity index (χ3n) is 3.05. The van der Waals surface area contributed by atoms with Crippen LogP contribution in [0.3, 0.4) is 0 Å². The molecular weight excluding hydrogens is 356 g/mol. The van der Waals surface area contributed by atoms with Crippen LogP contribution in [0, 0.1) is 0 Å². The second-order valence-corrected chi connectivity index (χ2v) is 7.28. The van der Waals surface area contributed by atoms with Crippen molar-refractivity contribution in [2.24, 2.45) is 0 Å². The number of nitrogens with one attached hydrogen (secondary N) is 1. The molecule has 0 bridgehead atoms. The van der Waals surface area contributed by atoms with E-state index in [1.54, 1.807) is 0 Å². The van der Waals surface area contributed by atoms with Crippen LogP contribution in [0.5, 0.6) is 0 Å². The average molecular weight is 375 g/mol. The smallest absolute Gasteiger partial charge is 0.337 e. The van der Waals surface area contributed by atoms with Crippen LogP contribution in [-0.4, -0.2) is 51.1 Å². The molecule has 0 atom stereocenters. The Hall–Kier alpha value is -1.90. The van der Waals surface area contributed by atoms with Gasteiger partial charge in [0.05, 0.1) is 29.6 Å². The molecule has 0 spiro atoms. The first-order valence-corrected chi connectivity index (χ1v) is 9.15. The fourth-order valence-corrected chi connectivity index (χ4v) is 2.81. The lowest BCUT2D eigenvalue weighted by Crippen LogP contribution is -2.33. The maximum atomic E-state index is 12.0. The van der Waals surface area contributed by atoms with Crippen LogP contribution in [0.25, 0.3) is 0 Å². The molecule has 0 saturated heterocycles. The van der Waals surface area contributed by atoms with Crippen LogP contribution < -0.4 is 5.32 Å². The molecule has 0 heterocycles. The van der Waals surface area contributed by atoms with Crippen LogP contribution in [0.15, 0.2) is 30.9 Å². The molecule has 0 aliphatic heterocycles. The van der Waals surface area contributed by atoms with Gasteiger partial charge in [-0.25, -0.2) is 13.2 Å². The quantitative estimate of drug-likeness (QED) is 0.554. The summed E-state index contributed by atoms with van der Waals surface area (Å²) in [6.07, 6.45) is 2.43. The number of hydrogen-bond donors (Lipinski definition) is 1. The van der Waals surface area contributed by atoms with Crippen LogP contribution >= 0.6 is 11.6 Å². The first-order valence-electron chi connectivity index (χ1n) is 6.92. The lowest BCUT2D eigenvalue weighted by Gasteiger charge is -2.17. The largest absolute Gasteiger partial charge is 0.465 e. The molecule has 0 aromatic heterocycles. The van der Waals surface area contributed by atoms with E-state index >= 15 is 0 Å². The molecule has 0 unspecified atom stereocenters. The molecule has 0 fully saturated rings. The maximum Gasteiger partial charge on any atom is 0.337 e. The Kier molecular flexibility index (Phi) is 7.40. The molecule has 132 valence electrons. The number of halogens is 1. The SMILES string of the molecule is C=CCN(CCC(=O)Nc1cc(C(=O)OC)ccc1Cl)S(C)(=O)=O. The summed E-state index contributed by atoms with van der Waals surface area (Å²) in [5, 5.41) is 2.80. The predicted molar refractivity (Wildman–Crippen MR) is 92.7 cm³/mol. The van der Waals surface area contributed by atoms with E-state index in [1.807, 2.05) is 0 Å². The van der Waals surface area contributed by atoms with E-state index < -0.39 is 21.9 Å². The summed E-state index contributed by atoms with van der Waals surface area (Å²) in [7, 11) is -2.19. The minimum absolute atomic E-state index is 0.00496. The highest BCUT2D eigenvalue weighted by atomic mass is 35.5. The highest BCUT2D eigenvalue weighted by Gasteiger charge is 2.17. The van der Waals surface area contributed by atoms with Crippen LogP contribution in [-0.2, 0) is 19.6 Å². The van der Waals surface area contributed by atoms with E-state index in [9.17, 15) is 18.0 Å². The first kappa shape index (κ1) is 20.1. The van der Waals surface area contributed by atoms with E-state index in [2.05, 4.69) is 16.6 Å². The standard InChI is InChI=1S/C15H19ClN2O5S/c1-4-8-18(24(3,21)22)9-7-14(19)17-13-10-11(15(20)23-2)5-6-12(13)16/h4-6,10H,1,7-9H2,2-3H3,(H,17,19). The highest BCUT2D eigenvalue weighted by Crippen LogP contribution is 2.23. The summed E-state index contributed by atoms with van der Waals surface area (Å²) in [6.45, 7) is 3.61. The van der Waals surface area contributed by atoms with Crippen molar-refractivity contribution in [3.05, 3.63) is 41.4 Å². The molecule has 0 saturated carbocycles. The Morgan fingerprint density at radius 3 is 2.62 bits per heavy atom. The Morgan fingerprint density at radius 1 is 1.42 bits per heavy atom. The van der Waals surface area contributed by atoms with E-state index in [-0.39, 0.29) is 35.8 Å². The van der Waals surface area contributed by atoms with Crippen LogP contribution in [0.1, 0.15) is 16.8 Å². The van der Waals surface area contributed by atoms with Crippen LogP contribution in [0.2, 0.25) is 5.02 Å². The van der Waals surface area contributed by atoms with Gasteiger partial charge in [-0.2, -0.15) is 4.31 Å². The van der Waals surface area contributed by atoms with Gasteiger partial charge in [0.1, 0.15) is 0 Å². The number of hydrogen-bond acceptors (Lipinski definition) is 5. The van der Waals surface area contributed by atoms with Gasteiger partial charge in [0.15, 0.2) is 0 Å². The maximum absolute atomic E-state index is 12.0.